The second-order valence-electron chi connectivity index (χ2n) is 3.88. The van der Waals surface area contributed by atoms with Gasteiger partial charge in [-0.3, -0.25) is 4.72 Å². The molecule has 2 rings (SSSR count). The molecule has 2 N–H and O–H groups in total. The second kappa shape index (κ2) is 5.75. The van der Waals surface area contributed by atoms with Gasteiger partial charge >= 0.3 is 5.97 Å². The Hall–Kier alpha value is -2.68. The standard InChI is InChI=1S/C12H11N3O5S/c1-20-10-4-3-9(7-13-10)15-21(18,19)11-5-2-8(6-14-11)12(16)17/h2-7,15H,1H3,(H,16,17). The fourth-order valence-corrected chi connectivity index (χ4v) is 2.41. The maximum Gasteiger partial charge on any atom is 0.337 e. The van der Waals surface area contributed by atoms with Crippen molar-refractivity contribution in [2.75, 3.05) is 11.8 Å². The third kappa shape index (κ3) is 3.45. The average molecular weight is 309 g/mol. The number of methoxy groups -OCH3 is 1. The molecule has 0 saturated heterocycles. The molecule has 0 saturated carbocycles. The lowest BCUT2D eigenvalue weighted by molar-refractivity contribution is 0.0696. The molecule has 0 fully saturated rings. The largest absolute Gasteiger partial charge is 0.481 e. The molecule has 9 heteroatoms. The minimum Gasteiger partial charge on any atom is -0.481 e. The number of anilines is 1. The Morgan fingerprint density at radius 3 is 2.43 bits per heavy atom. The van der Waals surface area contributed by atoms with Crippen LogP contribution in [0.15, 0.2) is 41.7 Å². The lowest BCUT2D eigenvalue weighted by Crippen LogP contribution is -2.15. The number of hydrogen-bond acceptors (Lipinski definition) is 6. The molecule has 0 aliphatic heterocycles. The lowest BCUT2D eigenvalue weighted by atomic mass is 10.3. The number of hydrogen-bond donors (Lipinski definition) is 2. The van der Waals surface area contributed by atoms with E-state index in [1.165, 1.54) is 25.4 Å². The topological polar surface area (TPSA) is 118 Å². The van der Waals surface area contributed by atoms with Crippen molar-refractivity contribution in [3.63, 3.8) is 0 Å². The number of sulfonamides is 1. The second-order valence-corrected chi connectivity index (χ2v) is 5.51. The first-order chi connectivity index (χ1) is 9.92. The molecule has 0 radical (unpaired) electrons. The number of ether oxygens (including phenoxy) is 1. The number of nitrogens with one attached hydrogen (secondary N) is 1. The molecule has 0 atom stereocenters. The Balaban J connectivity index is 2.22. The van der Waals surface area contributed by atoms with Crippen molar-refractivity contribution in [1.82, 2.24) is 9.97 Å². The van der Waals surface area contributed by atoms with Crippen LogP contribution in [0.1, 0.15) is 10.4 Å². The van der Waals surface area contributed by atoms with Crippen molar-refractivity contribution >= 4 is 21.7 Å². The Kier molecular flexibility index (Phi) is 4.03. The molecule has 0 bridgehead atoms. The first-order valence-electron chi connectivity index (χ1n) is 5.64. The van der Waals surface area contributed by atoms with Crippen LogP contribution >= 0.6 is 0 Å². The zero-order valence-electron chi connectivity index (χ0n) is 10.8. The molecule has 0 amide bonds. The van der Waals surface area contributed by atoms with Crippen molar-refractivity contribution in [3.05, 3.63) is 42.2 Å². The van der Waals surface area contributed by atoms with E-state index >= 15 is 0 Å². The van der Waals surface area contributed by atoms with Gasteiger partial charge in [0.15, 0.2) is 5.03 Å². The quantitative estimate of drug-likeness (QED) is 0.845. The summed E-state index contributed by atoms with van der Waals surface area (Å²) in [5.41, 5.74) is 0.139. The Morgan fingerprint density at radius 2 is 1.95 bits per heavy atom. The van der Waals surface area contributed by atoms with Crippen LogP contribution in [0.4, 0.5) is 5.69 Å². The van der Waals surface area contributed by atoms with Gasteiger partial charge in [0, 0.05) is 12.3 Å². The van der Waals surface area contributed by atoms with Crippen LogP contribution in [-0.2, 0) is 10.0 Å². The molecule has 2 aromatic heterocycles. The summed E-state index contributed by atoms with van der Waals surface area (Å²) in [5.74, 6) is -0.833. The average Bonchev–Trinajstić information content (AvgIpc) is 2.48. The number of rotatable bonds is 5. The zero-order valence-corrected chi connectivity index (χ0v) is 11.7. The van der Waals surface area contributed by atoms with Crippen LogP contribution in [0.5, 0.6) is 5.88 Å². The van der Waals surface area contributed by atoms with Crippen LogP contribution < -0.4 is 9.46 Å². The van der Waals surface area contributed by atoms with Crippen LogP contribution in [-0.4, -0.2) is 36.6 Å². The smallest absolute Gasteiger partial charge is 0.337 e. The molecule has 0 aliphatic carbocycles. The van der Waals surface area contributed by atoms with E-state index in [4.69, 9.17) is 9.84 Å². The molecular formula is C12H11N3O5S. The van der Waals surface area contributed by atoms with Crippen molar-refractivity contribution in [3.8, 4) is 5.88 Å². The number of aromatic carboxylic acids is 1. The van der Waals surface area contributed by atoms with Crippen LogP contribution in [0, 0.1) is 0 Å². The van der Waals surface area contributed by atoms with E-state index in [0.29, 0.717) is 5.88 Å². The summed E-state index contributed by atoms with van der Waals surface area (Å²) in [7, 11) is -2.47. The van der Waals surface area contributed by atoms with Gasteiger partial charge in [0.1, 0.15) is 0 Å². The van der Waals surface area contributed by atoms with Gasteiger partial charge in [-0.2, -0.15) is 8.42 Å². The van der Waals surface area contributed by atoms with Gasteiger partial charge in [-0.05, 0) is 18.2 Å². The molecular weight excluding hydrogens is 298 g/mol. The van der Waals surface area contributed by atoms with E-state index in [2.05, 4.69) is 14.7 Å². The number of nitrogens with zero attached hydrogens (tertiary/aromatic N) is 2. The fourth-order valence-electron chi connectivity index (χ4n) is 1.43. The molecule has 21 heavy (non-hydrogen) atoms. The molecule has 2 heterocycles. The molecule has 8 nitrogen and oxygen atoms in total. The van der Waals surface area contributed by atoms with Crippen LogP contribution in [0.2, 0.25) is 0 Å². The Labute approximate surface area is 120 Å². The van der Waals surface area contributed by atoms with Gasteiger partial charge < -0.3 is 9.84 Å². The van der Waals surface area contributed by atoms with Gasteiger partial charge in [0.25, 0.3) is 10.0 Å². The molecule has 0 aliphatic rings. The third-order valence-corrected chi connectivity index (χ3v) is 3.75. The molecule has 0 unspecified atom stereocenters. The number of carboxylic acid groups (broad SMARTS) is 1. The van der Waals surface area contributed by atoms with E-state index < -0.39 is 16.0 Å². The third-order valence-electron chi connectivity index (χ3n) is 2.46. The number of carbonyl (C=O) groups is 1. The maximum atomic E-state index is 12.1. The van der Waals surface area contributed by atoms with Gasteiger partial charge in [0.2, 0.25) is 5.88 Å². The normalized spacial score (nSPS) is 10.9. The molecule has 0 spiro atoms. The predicted molar refractivity (Wildman–Crippen MR) is 72.8 cm³/mol. The summed E-state index contributed by atoms with van der Waals surface area (Å²) in [6.45, 7) is 0. The SMILES string of the molecule is COc1ccc(NS(=O)(=O)c2ccc(C(=O)O)cn2)cn1. The first-order valence-corrected chi connectivity index (χ1v) is 7.13. The predicted octanol–water partition coefficient (Wildman–Crippen LogP) is 0.984. The molecule has 2 aromatic rings. The summed E-state index contributed by atoms with van der Waals surface area (Å²) in [6.07, 6.45) is 2.27. The van der Waals surface area contributed by atoms with Crippen molar-refractivity contribution in [2.45, 2.75) is 5.03 Å². The highest BCUT2D eigenvalue weighted by Gasteiger charge is 2.17. The number of pyridine rings is 2. The van der Waals surface area contributed by atoms with Crippen molar-refractivity contribution in [1.29, 1.82) is 0 Å². The van der Waals surface area contributed by atoms with Crippen LogP contribution in [0.25, 0.3) is 0 Å². The van der Waals surface area contributed by atoms with Gasteiger partial charge in [0.05, 0.1) is 24.6 Å². The van der Waals surface area contributed by atoms with Gasteiger partial charge in [-0.25, -0.2) is 14.8 Å². The minimum atomic E-state index is -3.91. The van der Waals surface area contributed by atoms with E-state index in [9.17, 15) is 13.2 Å². The molecule has 0 aromatic carbocycles. The Morgan fingerprint density at radius 1 is 1.19 bits per heavy atom. The van der Waals surface area contributed by atoms with E-state index in [1.807, 2.05) is 0 Å². The van der Waals surface area contributed by atoms with Gasteiger partial charge in [-0.1, -0.05) is 0 Å². The zero-order chi connectivity index (χ0) is 15.5. The minimum absolute atomic E-state index is 0.0972. The summed E-state index contributed by atoms with van der Waals surface area (Å²) in [4.78, 5) is 18.2. The monoisotopic (exact) mass is 309 g/mol. The Bertz CT molecular complexity index is 741. The number of carboxylic acids is 1. The van der Waals surface area contributed by atoms with Crippen molar-refractivity contribution < 1.29 is 23.1 Å². The highest BCUT2D eigenvalue weighted by atomic mass is 32.2. The van der Waals surface area contributed by atoms with Crippen molar-refractivity contribution in [2.24, 2.45) is 0 Å². The fraction of sp³-hybridized carbons (Fsp3) is 0.0833. The summed E-state index contributed by atoms with van der Waals surface area (Å²) >= 11 is 0. The number of aromatic nitrogens is 2. The summed E-state index contributed by atoms with van der Waals surface area (Å²) < 4.78 is 31.3. The first kappa shape index (κ1) is 14.7. The highest BCUT2D eigenvalue weighted by Crippen LogP contribution is 2.16. The summed E-state index contributed by atoms with van der Waals surface area (Å²) in [5, 5.41) is 8.45. The van der Waals surface area contributed by atoms with E-state index in [-0.39, 0.29) is 16.3 Å². The lowest BCUT2D eigenvalue weighted by Gasteiger charge is -2.07. The van der Waals surface area contributed by atoms with Gasteiger partial charge in [-0.15, -0.1) is 0 Å². The highest BCUT2D eigenvalue weighted by molar-refractivity contribution is 7.92. The van der Waals surface area contributed by atoms with E-state index in [0.717, 1.165) is 18.3 Å². The molecule has 110 valence electrons. The maximum absolute atomic E-state index is 12.1. The van der Waals surface area contributed by atoms with E-state index in [1.54, 1.807) is 0 Å². The summed E-state index contributed by atoms with van der Waals surface area (Å²) in [6, 6.07) is 5.26. The van der Waals surface area contributed by atoms with Crippen LogP contribution in [0.3, 0.4) is 0 Å².